The third kappa shape index (κ3) is 3.52. The van der Waals surface area contributed by atoms with E-state index >= 15 is 0 Å². The molecular formula is C10H11N5O5S. The summed E-state index contributed by atoms with van der Waals surface area (Å²) >= 11 is 0. The highest BCUT2D eigenvalue weighted by molar-refractivity contribution is 7.89. The van der Waals surface area contributed by atoms with Gasteiger partial charge in [-0.1, -0.05) is 5.16 Å². The molecule has 0 fully saturated rings. The van der Waals surface area contributed by atoms with Crippen molar-refractivity contribution in [3.8, 4) is 0 Å². The first-order chi connectivity index (χ1) is 9.90. The molecule has 0 amide bonds. The Morgan fingerprint density at radius 3 is 2.76 bits per heavy atom. The second-order valence-corrected chi connectivity index (χ2v) is 5.70. The number of aromatic nitrogens is 2. The fourth-order valence-corrected chi connectivity index (χ4v) is 2.71. The molecule has 0 atom stereocenters. The molecule has 11 heteroatoms. The zero-order valence-electron chi connectivity index (χ0n) is 10.6. The van der Waals surface area contributed by atoms with Crippen molar-refractivity contribution in [3.63, 3.8) is 0 Å². The number of nitrogen functional groups attached to an aromatic ring is 1. The smallest absolute Gasteiger partial charge is 0.271 e. The molecule has 1 aromatic heterocycles. The Labute approximate surface area is 119 Å². The molecule has 0 aliphatic carbocycles. The number of rotatable bonds is 6. The van der Waals surface area contributed by atoms with Gasteiger partial charge in [-0.05, 0) is 6.07 Å². The Morgan fingerprint density at radius 2 is 2.19 bits per heavy atom. The van der Waals surface area contributed by atoms with E-state index in [0.717, 1.165) is 18.2 Å². The largest absolute Gasteiger partial charge is 0.397 e. The van der Waals surface area contributed by atoms with Crippen LogP contribution in [0.4, 0.5) is 11.4 Å². The minimum atomic E-state index is -3.87. The summed E-state index contributed by atoms with van der Waals surface area (Å²) in [5.41, 5.74) is 5.07. The Bertz CT molecular complexity index is 743. The van der Waals surface area contributed by atoms with Gasteiger partial charge in [0.15, 0.2) is 6.33 Å². The molecule has 0 radical (unpaired) electrons. The second-order valence-electron chi connectivity index (χ2n) is 3.96. The van der Waals surface area contributed by atoms with Crippen LogP contribution in [0.1, 0.15) is 5.89 Å². The Morgan fingerprint density at radius 1 is 1.43 bits per heavy atom. The fraction of sp³-hybridized carbons (Fsp3) is 0.200. The van der Waals surface area contributed by atoms with Gasteiger partial charge >= 0.3 is 0 Å². The van der Waals surface area contributed by atoms with E-state index in [2.05, 4.69) is 14.9 Å². The molecule has 0 saturated carbocycles. The lowest BCUT2D eigenvalue weighted by atomic mass is 10.3. The van der Waals surface area contributed by atoms with Gasteiger partial charge in [-0.2, -0.15) is 4.98 Å². The van der Waals surface area contributed by atoms with Crippen molar-refractivity contribution < 1.29 is 17.9 Å². The minimum Gasteiger partial charge on any atom is -0.397 e. The first-order valence-electron chi connectivity index (χ1n) is 5.69. The number of nitro groups is 1. The summed E-state index contributed by atoms with van der Waals surface area (Å²) in [6.07, 6.45) is 1.42. The van der Waals surface area contributed by atoms with Gasteiger partial charge < -0.3 is 10.3 Å². The number of nitro benzene ring substituents is 1. The summed E-state index contributed by atoms with van der Waals surface area (Å²) in [5, 5.41) is 14.0. The van der Waals surface area contributed by atoms with Gasteiger partial charge in [0.2, 0.25) is 15.9 Å². The molecule has 0 aliphatic rings. The van der Waals surface area contributed by atoms with Crippen LogP contribution in [0, 0.1) is 10.1 Å². The molecule has 2 aromatic rings. The van der Waals surface area contributed by atoms with Crippen LogP contribution in [-0.2, 0) is 16.4 Å². The second kappa shape index (κ2) is 5.85. The number of nitrogens with one attached hydrogen (secondary N) is 1. The Hall–Kier alpha value is -2.53. The van der Waals surface area contributed by atoms with Crippen LogP contribution in [0.15, 0.2) is 33.9 Å². The summed E-state index contributed by atoms with van der Waals surface area (Å²) in [4.78, 5) is 13.4. The quantitative estimate of drug-likeness (QED) is 0.431. The van der Waals surface area contributed by atoms with Gasteiger partial charge in [-0.15, -0.1) is 0 Å². The number of hydrogen-bond acceptors (Lipinski definition) is 8. The molecule has 0 unspecified atom stereocenters. The van der Waals surface area contributed by atoms with Gasteiger partial charge in [0, 0.05) is 25.1 Å². The van der Waals surface area contributed by atoms with Crippen molar-refractivity contribution >= 4 is 21.4 Å². The number of nitrogens with two attached hydrogens (primary N) is 1. The van der Waals surface area contributed by atoms with Crippen molar-refractivity contribution in [2.45, 2.75) is 11.3 Å². The van der Waals surface area contributed by atoms with E-state index in [1.54, 1.807) is 0 Å². The predicted molar refractivity (Wildman–Crippen MR) is 70.7 cm³/mol. The summed E-state index contributed by atoms with van der Waals surface area (Å²) < 4.78 is 31.1. The van der Waals surface area contributed by atoms with E-state index in [4.69, 9.17) is 10.3 Å². The van der Waals surface area contributed by atoms with E-state index in [9.17, 15) is 18.5 Å². The molecule has 1 heterocycles. The van der Waals surface area contributed by atoms with Crippen molar-refractivity contribution in [3.05, 3.63) is 40.5 Å². The standard InChI is InChI=1S/C10H11N5O5S/c11-8-5-7(15(16)17)1-2-9(8)21(18,19)14-4-3-10-12-6-13-20-10/h1-2,5-6,14H,3-4,11H2. The highest BCUT2D eigenvalue weighted by atomic mass is 32.2. The zero-order valence-corrected chi connectivity index (χ0v) is 11.4. The molecule has 0 saturated heterocycles. The number of benzene rings is 1. The Balaban J connectivity index is 2.10. The normalized spacial score (nSPS) is 11.4. The van der Waals surface area contributed by atoms with Crippen molar-refractivity contribution in [2.24, 2.45) is 0 Å². The summed E-state index contributed by atoms with van der Waals surface area (Å²) in [6.45, 7) is 0.0287. The van der Waals surface area contributed by atoms with E-state index in [-0.39, 0.29) is 35.1 Å². The first-order valence-corrected chi connectivity index (χ1v) is 7.17. The van der Waals surface area contributed by atoms with Crippen molar-refractivity contribution in [1.82, 2.24) is 14.9 Å². The third-order valence-corrected chi connectivity index (χ3v) is 4.07. The fourth-order valence-electron chi connectivity index (χ4n) is 1.57. The van der Waals surface area contributed by atoms with Crippen LogP contribution < -0.4 is 10.5 Å². The molecule has 112 valence electrons. The number of hydrogen-bond donors (Lipinski definition) is 2. The monoisotopic (exact) mass is 313 g/mol. The summed E-state index contributed by atoms with van der Waals surface area (Å²) in [6, 6.07) is 3.15. The SMILES string of the molecule is Nc1cc([N+](=O)[O-])ccc1S(=O)(=O)NCCc1ncno1. The molecule has 3 N–H and O–H groups in total. The van der Waals surface area contributed by atoms with Gasteiger partial charge in [0.05, 0.1) is 10.6 Å². The van der Waals surface area contributed by atoms with Gasteiger partial charge in [-0.3, -0.25) is 10.1 Å². The lowest BCUT2D eigenvalue weighted by Crippen LogP contribution is -2.26. The van der Waals surface area contributed by atoms with E-state index in [1.165, 1.54) is 6.33 Å². The molecule has 1 aromatic carbocycles. The predicted octanol–water partition coefficient (Wildman–Crippen LogP) is 0.0810. The van der Waals surface area contributed by atoms with E-state index in [0.29, 0.717) is 0 Å². The summed E-state index contributed by atoms with van der Waals surface area (Å²) in [5.74, 6) is 0.286. The van der Waals surface area contributed by atoms with Crippen LogP contribution in [0.25, 0.3) is 0 Å². The molecule has 10 nitrogen and oxygen atoms in total. The molecule has 21 heavy (non-hydrogen) atoms. The van der Waals surface area contributed by atoms with Crippen LogP contribution in [-0.4, -0.2) is 30.0 Å². The van der Waals surface area contributed by atoms with E-state index in [1.807, 2.05) is 0 Å². The zero-order chi connectivity index (χ0) is 15.5. The molecule has 0 aliphatic heterocycles. The highest BCUT2D eigenvalue weighted by Crippen LogP contribution is 2.23. The average Bonchev–Trinajstić information content (AvgIpc) is 2.91. The first kappa shape index (κ1) is 14.9. The van der Waals surface area contributed by atoms with Crippen LogP contribution in [0.2, 0.25) is 0 Å². The maximum Gasteiger partial charge on any atom is 0.271 e. The molecule has 0 spiro atoms. The highest BCUT2D eigenvalue weighted by Gasteiger charge is 2.19. The average molecular weight is 313 g/mol. The number of nitrogens with zero attached hydrogens (tertiary/aromatic N) is 3. The lowest BCUT2D eigenvalue weighted by Gasteiger charge is -2.08. The van der Waals surface area contributed by atoms with Gasteiger partial charge in [0.1, 0.15) is 4.90 Å². The maximum absolute atomic E-state index is 12.0. The number of non-ortho nitro benzene ring substituents is 1. The van der Waals surface area contributed by atoms with Crippen LogP contribution in [0.5, 0.6) is 0 Å². The molecular weight excluding hydrogens is 302 g/mol. The van der Waals surface area contributed by atoms with Gasteiger partial charge in [0.25, 0.3) is 5.69 Å². The Kier molecular flexibility index (Phi) is 4.14. The molecule has 2 rings (SSSR count). The van der Waals surface area contributed by atoms with E-state index < -0.39 is 14.9 Å². The minimum absolute atomic E-state index is 0.0287. The third-order valence-electron chi connectivity index (χ3n) is 2.53. The summed E-state index contributed by atoms with van der Waals surface area (Å²) in [7, 11) is -3.87. The number of anilines is 1. The van der Waals surface area contributed by atoms with Crippen molar-refractivity contribution in [2.75, 3.05) is 12.3 Å². The molecule has 0 bridgehead atoms. The van der Waals surface area contributed by atoms with Gasteiger partial charge in [-0.25, -0.2) is 13.1 Å². The maximum atomic E-state index is 12.0. The van der Waals surface area contributed by atoms with Crippen LogP contribution in [0.3, 0.4) is 0 Å². The topological polar surface area (TPSA) is 154 Å². The lowest BCUT2D eigenvalue weighted by molar-refractivity contribution is -0.384. The van der Waals surface area contributed by atoms with Crippen molar-refractivity contribution in [1.29, 1.82) is 0 Å². The van der Waals surface area contributed by atoms with Crippen LogP contribution >= 0.6 is 0 Å². The number of sulfonamides is 1.